The first-order valence-electron chi connectivity index (χ1n) is 13.5. The van der Waals surface area contributed by atoms with Gasteiger partial charge in [-0.15, -0.1) is 0 Å². The quantitative estimate of drug-likeness (QED) is 0.411. The molecule has 2 atom stereocenters. The largest absolute Gasteiger partial charge is 0.497 e. The Morgan fingerprint density at radius 2 is 1.54 bits per heavy atom. The third-order valence-electron chi connectivity index (χ3n) is 8.17. The van der Waals surface area contributed by atoms with Crippen LogP contribution < -0.4 is 9.47 Å². The van der Waals surface area contributed by atoms with Crippen LogP contribution in [0.5, 0.6) is 11.5 Å². The second-order valence-electron chi connectivity index (χ2n) is 10.5. The van der Waals surface area contributed by atoms with Gasteiger partial charge in [0.05, 0.1) is 14.2 Å². The number of carbonyl (C=O) groups excluding carboxylic acids is 1. The van der Waals surface area contributed by atoms with Crippen LogP contribution in [0.1, 0.15) is 40.2 Å². The number of ether oxygens (including phenoxy) is 2. The molecule has 2 saturated heterocycles. The Morgan fingerprint density at radius 3 is 2.24 bits per heavy atom. The molecular formula is C32H38N2O3. The summed E-state index contributed by atoms with van der Waals surface area (Å²) in [5.74, 6) is 3.13. The molecule has 3 aromatic carbocycles. The minimum Gasteiger partial charge on any atom is -0.497 e. The Morgan fingerprint density at radius 1 is 0.838 bits per heavy atom. The predicted octanol–water partition coefficient (Wildman–Crippen LogP) is 5.51. The fraction of sp³-hybridized carbons (Fsp3) is 0.406. The number of para-hydroxylation sites is 1. The van der Waals surface area contributed by atoms with E-state index in [1.54, 1.807) is 14.2 Å². The average Bonchev–Trinajstić information content (AvgIpc) is 3.37. The van der Waals surface area contributed by atoms with Gasteiger partial charge in [-0.2, -0.15) is 0 Å². The Labute approximate surface area is 221 Å². The van der Waals surface area contributed by atoms with Crippen molar-refractivity contribution < 1.29 is 14.3 Å². The number of nitrogens with zero attached hydrogens (tertiary/aromatic N) is 2. The lowest BCUT2D eigenvalue weighted by atomic mass is 9.86. The molecule has 5 heteroatoms. The Kier molecular flexibility index (Phi) is 8.10. The van der Waals surface area contributed by atoms with Gasteiger partial charge in [-0.25, -0.2) is 0 Å². The number of carbonyl (C=O) groups is 1. The van der Waals surface area contributed by atoms with Crippen molar-refractivity contribution in [3.05, 3.63) is 95.6 Å². The van der Waals surface area contributed by atoms with E-state index in [4.69, 9.17) is 9.47 Å². The van der Waals surface area contributed by atoms with Crippen LogP contribution in [-0.4, -0.2) is 62.7 Å². The van der Waals surface area contributed by atoms with Gasteiger partial charge in [0.2, 0.25) is 0 Å². The number of hydrogen-bond donors (Lipinski definition) is 0. The second kappa shape index (κ2) is 11.8. The zero-order chi connectivity index (χ0) is 25.6. The first-order chi connectivity index (χ1) is 18.1. The molecule has 0 bridgehead atoms. The number of amides is 1. The maximum atomic E-state index is 13.5. The van der Waals surface area contributed by atoms with Crippen LogP contribution in [0.25, 0.3) is 0 Å². The van der Waals surface area contributed by atoms with Crippen LogP contribution in [0.3, 0.4) is 0 Å². The third-order valence-corrected chi connectivity index (χ3v) is 8.17. The van der Waals surface area contributed by atoms with Gasteiger partial charge >= 0.3 is 0 Å². The summed E-state index contributed by atoms with van der Waals surface area (Å²) in [7, 11) is 3.38. The molecule has 2 heterocycles. The number of rotatable bonds is 8. The molecular weight excluding hydrogens is 460 g/mol. The molecule has 2 fully saturated rings. The fourth-order valence-corrected chi connectivity index (χ4v) is 6.12. The molecule has 0 spiro atoms. The van der Waals surface area contributed by atoms with E-state index in [0.29, 0.717) is 18.0 Å². The van der Waals surface area contributed by atoms with Crippen LogP contribution in [0.2, 0.25) is 0 Å². The van der Waals surface area contributed by atoms with E-state index in [1.165, 1.54) is 30.4 Å². The van der Waals surface area contributed by atoms with E-state index in [9.17, 15) is 4.79 Å². The van der Waals surface area contributed by atoms with E-state index in [2.05, 4.69) is 47.4 Å². The van der Waals surface area contributed by atoms with Crippen LogP contribution in [-0.2, 0) is 6.42 Å². The highest BCUT2D eigenvalue weighted by atomic mass is 16.5. The van der Waals surface area contributed by atoms with Crippen LogP contribution in [0, 0.1) is 11.8 Å². The van der Waals surface area contributed by atoms with Crippen LogP contribution in [0.15, 0.2) is 78.9 Å². The highest BCUT2D eigenvalue weighted by Gasteiger charge is 2.39. The number of hydrogen-bond acceptors (Lipinski definition) is 4. The normalized spacial score (nSPS) is 20.6. The molecule has 5 rings (SSSR count). The zero-order valence-corrected chi connectivity index (χ0v) is 22.0. The SMILES string of the molecule is COc1ccc(C(=O)N2CC(CN3CCC(Cc4ccccc4)CC3)C(c3ccccc3OC)C2)cc1. The number of methoxy groups -OCH3 is 2. The summed E-state index contributed by atoms with van der Waals surface area (Å²) in [6.45, 7) is 4.73. The second-order valence-corrected chi connectivity index (χ2v) is 10.5. The first-order valence-corrected chi connectivity index (χ1v) is 13.5. The van der Waals surface area contributed by atoms with Gasteiger partial charge in [0.1, 0.15) is 11.5 Å². The minimum atomic E-state index is 0.0895. The molecule has 0 aliphatic carbocycles. The van der Waals surface area contributed by atoms with Crippen molar-refractivity contribution in [1.82, 2.24) is 9.80 Å². The molecule has 0 N–H and O–H groups in total. The molecule has 0 radical (unpaired) electrons. The predicted molar refractivity (Wildman–Crippen MR) is 147 cm³/mol. The van der Waals surface area contributed by atoms with Crippen molar-refractivity contribution >= 4 is 5.91 Å². The number of benzene rings is 3. The zero-order valence-electron chi connectivity index (χ0n) is 22.0. The summed E-state index contributed by atoms with van der Waals surface area (Å²) in [6, 6.07) is 26.6. The molecule has 2 unspecified atom stereocenters. The molecule has 2 aliphatic rings. The monoisotopic (exact) mass is 498 g/mol. The fourth-order valence-electron chi connectivity index (χ4n) is 6.12. The Balaban J connectivity index is 1.28. The van der Waals surface area contributed by atoms with Gasteiger partial charge in [0.15, 0.2) is 0 Å². The molecule has 5 nitrogen and oxygen atoms in total. The summed E-state index contributed by atoms with van der Waals surface area (Å²) < 4.78 is 11.0. The van der Waals surface area contributed by atoms with Gasteiger partial charge in [0.25, 0.3) is 5.91 Å². The summed E-state index contributed by atoms with van der Waals surface area (Å²) in [6.07, 6.45) is 3.64. The average molecular weight is 499 g/mol. The summed E-state index contributed by atoms with van der Waals surface area (Å²) in [5, 5.41) is 0. The molecule has 2 aliphatic heterocycles. The van der Waals surface area contributed by atoms with E-state index < -0.39 is 0 Å². The molecule has 37 heavy (non-hydrogen) atoms. The van der Waals surface area contributed by atoms with Gasteiger partial charge in [-0.3, -0.25) is 4.79 Å². The lowest BCUT2D eigenvalue weighted by molar-refractivity contribution is 0.0780. The molecule has 3 aromatic rings. The van der Waals surface area contributed by atoms with E-state index in [-0.39, 0.29) is 11.8 Å². The maximum Gasteiger partial charge on any atom is 0.253 e. The molecule has 0 aromatic heterocycles. The third kappa shape index (κ3) is 5.99. The lowest BCUT2D eigenvalue weighted by Crippen LogP contribution is -2.39. The van der Waals surface area contributed by atoms with Gasteiger partial charge in [-0.1, -0.05) is 48.5 Å². The minimum absolute atomic E-state index is 0.0895. The van der Waals surface area contributed by atoms with Crippen molar-refractivity contribution in [1.29, 1.82) is 0 Å². The van der Waals surface area contributed by atoms with E-state index >= 15 is 0 Å². The van der Waals surface area contributed by atoms with Crippen molar-refractivity contribution in [2.75, 3.05) is 46.9 Å². The Hall–Kier alpha value is -3.31. The first kappa shape index (κ1) is 25.3. The van der Waals surface area contributed by atoms with Gasteiger partial charge in [0, 0.05) is 31.1 Å². The highest BCUT2D eigenvalue weighted by molar-refractivity contribution is 5.94. The van der Waals surface area contributed by atoms with Gasteiger partial charge < -0.3 is 19.3 Å². The summed E-state index contributed by atoms with van der Waals surface area (Å²) in [5.41, 5.74) is 3.36. The molecule has 1 amide bonds. The van der Waals surface area contributed by atoms with E-state index in [0.717, 1.165) is 43.6 Å². The van der Waals surface area contributed by atoms with Crippen LogP contribution in [0.4, 0.5) is 0 Å². The number of likely N-dealkylation sites (tertiary alicyclic amines) is 2. The van der Waals surface area contributed by atoms with Crippen molar-refractivity contribution in [3.8, 4) is 11.5 Å². The highest BCUT2D eigenvalue weighted by Crippen LogP contribution is 2.39. The van der Waals surface area contributed by atoms with E-state index in [1.807, 2.05) is 41.3 Å². The smallest absolute Gasteiger partial charge is 0.253 e. The molecule has 194 valence electrons. The number of piperidine rings is 1. The Bertz CT molecular complexity index is 1160. The summed E-state index contributed by atoms with van der Waals surface area (Å²) in [4.78, 5) is 18.1. The van der Waals surface area contributed by atoms with Crippen molar-refractivity contribution in [3.63, 3.8) is 0 Å². The van der Waals surface area contributed by atoms with Crippen molar-refractivity contribution in [2.45, 2.75) is 25.2 Å². The van der Waals surface area contributed by atoms with Crippen molar-refractivity contribution in [2.24, 2.45) is 11.8 Å². The standard InChI is InChI=1S/C32H38N2O3/c1-36-28-14-12-26(13-15-28)32(35)34-22-27(30(23-34)29-10-6-7-11-31(29)37-2)21-33-18-16-25(17-19-33)20-24-8-4-3-5-9-24/h3-15,25,27,30H,16-23H2,1-2H3. The molecule has 0 saturated carbocycles. The lowest BCUT2D eigenvalue weighted by Gasteiger charge is -2.35. The maximum absolute atomic E-state index is 13.5. The van der Waals surface area contributed by atoms with Gasteiger partial charge in [-0.05, 0) is 85.6 Å². The summed E-state index contributed by atoms with van der Waals surface area (Å²) >= 11 is 0. The van der Waals surface area contributed by atoms with Crippen LogP contribution >= 0.6 is 0 Å². The topological polar surface area (TPSA) is 42.0 Å².